The minimum absolute atomic E-state index is 0.220. The first-order chi connectivity index (χ1) is 17.5. The Morgan fingerprint density at radius 2 is 1.53 bits per heavy atom. The molecular weight excluding hydrogens is 470 g/mol. The summed E-state index contributed by atoms with van der Waals surface area (Å²) < 4.78 is 0. The number of benzene rings is 2. The van der Waals surface area contributed by atoms with Gasteiger partial charge >= 0.3 is 0 Å². The van der Waals surface area contributed by atoms with E-state index in [1.165, 1.54) is 71.1 Å². The molecule has 3 unspecified atom stereocenters. The van der Waals surface area contributed by atoms with Crippen molar-refractivity contribution in [1.29, 1.82) is 0 Å². The third-order valence-corrected chi connectivity index (χ3v) is 10.9. The van der Waals surface area contributed by atoms with E-state index in [0.29, 0.717) is 0 Å². The van der Waals surface area contributed by atoms with E-state index in [1.807, 2.05) is 0 Å². The van der Waals surface area contributed by atoms with Gasteiger partial charge in [-0.2, -0.15) is 0 Å². The standard InChI is InChI=1S/C34H32P2/c1-21-19-35-31(23(21)3)17-27-15-13-25-9-5-7-11-29(25)33(27)34-28(18-32-24(4)22(2)20-36-32)16-14-26-10-6-8-12-30(26)34/h5-11,13-20,33,35-36H,12H2,1-4H3. The first-order valence-electron chi connectivity index (χ1n) is 12.8. The molecule has 0 N–H and O–H groups in total. The molecule has 0 fully saturated rings. The zero-order valence-corrected chi connectivity index (χ0v) is 23.4. The summed E-state index contributed by atoms with van der Waals surface area (Å²) >= 11 is 0. The molecule has 0 nitrogen and oxygen atoms in total. The number of hydrogen-bond acceptors (Lipinski definition) is 0. The van der Waals surface area contributed by atoms with Gasteiger partial charge in [-0.25, -0.2) is 0 Å². The Hall–Kier alpha value is -3.04. The molecule has 2 aromatic heterocycles. The van der Waals surface area contributed by atoms with Crippen molar-refractivity contribution in [2.75, 3.05) is 0 Å². The van der Waals surface area contributed by atoms with Gasteiger partial charge in [-0.05, 0) is 129 Å². The van der Waals surface area contributed by atoms with Crippen LogP contribution in [0.2, 0.25) is 0 Å². The Labute approximate surface area is 217 Å². The average Bonchev–Trinajstić information content (AvgIpc) is 3.39. The summed E-state index contributed by atoms with van der Waals surface area (Å²) in [5, 5.41) is 5.69. The molecule has 36 heavy (non-hydrogen) atoms. The van der Waals surface area contributed by atoms with Crippen LogP contribution >= 0.6 is 16.4 Å². The summed E-state index contributed by atoms with van der Waals surface area (Å²) in [5.41, 5.74) is 12.9. The molecule has 4 aromatic rings. The molecule has 3 atom stereocenters. The maximum absolute atomic E-state index is 2.50. The molecule has 2 aliphatic carbocycles. The summed E-state index contributed by atoms with van der Waals surface area (Å²) in [6.07, 6.45) is 17.5. The first kappa shape index (κ1) is 23.4. The van der Waals surface area contributed by atoms with E-state index < -0.39 is 0 Å². The topological polar surface area (TPSA) is 0 Å². The lowest BCUT2D eigenvalue weighted by Gasteiger charge is -2.28. The Morgan fingerprint density at radius 3 is 2.25 bits per heavy atom. The molecule has 0 radical (unpaired) electrons. The Kier molecular flexibility index (Phi) is 6.13. The van der Waals surface area contributed by atoms with E-state index in [4.69, 9.17) is 0 Å². The third kappa shape index (κ3) is 4.04. The molecule has 6 rings (SSSR count). The van der Waals surface area contributed by atoms with Crippen molar-refractivity contribution in [1.82, 2.24) is 0 Å². The van der Waals surface area contributed by atoms with Crippen molar-refractivity contribution in [2.24, 2.45) is 0 Å². The summed E-state index contributed by atoms with van der Waals surface area (Å²) in [5.74, 6) is 5.01. The number of hydrogen-bond donors (Lipinski definition) is 0. The minimum atomic E-state index is 0.220. The SMILES string of the molecule is Cc1c[pH]c(C=C2C=Cc3ccccc3C2c2c3c(ccc2=Cc2[pH]cc(C)c2C)=CC=CC3)c1C. The summed E-state index contributed by atoms with van der Waals surface area (Å²) in [6.45, 7) is 9.05. The van der Waals surface area contributed by atoms with Crippen molar-refractivity contribution >= 4 is 40.7 Å². The van der Waals surface area contributed by atoms with Crippen LogP contribution in [0.5, 0.6) is 0 Å². The lowest BCUT2D eigenvalue weighted by molar-refractivity contribution is 0.930. The Morgan fingerprint density at radius 1 is 0.806 bits per heavy atom. The maximum atomic E-state index is 2.50. The van der Waals surface area contributed by atoms with E-state index in [1.54, 1.807) is 0 Å². The van der Waals surface area contributed by atoms with Gasteiger partial charge in [-0.3, -0.25) is 0 Å². The Bertz CT molecular complexity index is 1700. The first-order valence-corrected chi connectivity index (χ1v) is 14.9. The van der Waals surface area contributed by atoms with Crippen LogP contribution < -0.4 is 10.4 Å². The highest BCUT2D eigenvalue weighted by Crippen LogP contribution is 2.41. The van der Waals surface area contributed by atoms with E-state index in [9.17, 15) is 0 Å². The normalized spacial score (nSPS) is 18.3. The molecule has 0 aliphatic heterocycles. The number of allylic oxidation sites excluding steroid dienone is 4. The molecule has 2 aliphatic rings. The van der Waals surface area contributed by atoms with E-state index >= 15 is 0 Å². The molecular formula is C34H32P2. The van der Waals surface area contributed by atoms with E-state index in [-0.39, 0.29) is 5.92 Å². The smallest absolute Gasteiger partial charge is 0.0355 e. The predicted octanol–water partition coefficient (Wildman–Crippen LogP) is 7.95. The minimum Gasteiger partial charge on any atom is -0.132 e. The van der Waals surface area contributed by atoms with Gasteiger partial charge in [0.15, 0.2) is 0 Å². The van der Waals surface area contributed by atoms with Gasteiger partial charge in [0.25, 0.3) is 0 Å². The maximum Gasteiger partial charge on any atom is 0.0355 e. The summed E-state index contributed by atoms with van der Waals surface area (Å²) in [7, 11) is 1.51. The Balaban J connectivity index is 1.67. The van der Waals surface area contributed by atoms with Gasteiger partial charge < -0.3 is 0 Å². The van der Waals surface area contributed by atoms with Gasteiger partial charge in [-0.1, -0.05) is 66.8 Å². The van der Waals surface area contributed by atoms with Crippen LogP contribution in [0, 0.1) is 27.7 Å². The van der Waals surface area contributed by atoms with Gasteiger partial charge in [-0.15, -0.1) is 16.4 Å². The predicted molar refractivity (Wildman–Crippen MR) is 163 cm³/mol. The van der Waals surface area contributed by atoms with Crippen LogP contribution in [0.3, 0.4) is 0 Å². The third-order valence-electron chi connectivity index (χ3n) is 8.04. The number of aryl methyl sites for hydroxylation is 2. The molecule has 0 spiro atoms. The fourth-order valence-corrected chi connectivity index (χ4v) is 8.09. The number of fused-ring (bicyclic) bond motifs is 2. The lowest BCUT2D eigenvalue weighted by Crippen LogP contribution is -2.27. The molecule has 178 valence electrons. The fraction of sp³-hybridized carbons (Fsp3) is 0.176. The summed E-state index contributed by atoms with van der Waals surface area (Å²) in [6, 6.07) is 13.7. The molecule has 2 aromatic carbocycles. The van der Waals surface area contributed by atoms with Gasteiger partial charge in [0, 0.05) is 5.92 Å². The van der Waals surface area contributed by atoms with Crippen LogP contribution in [0.1, 0.15) is 61.0 Å². The van der Waals surface area contributed by atoms with Crippen LogP contribution in [-0.2, 0) is 6.42 Å². The van der Waals surface area contributed by atoms with Crippen molar-refractivity contribution in [3.63, 3.8) is 0 Å². The molecule has 0 bridgehead atoms. The van der Waals surface area contributed by atoms with Crippen LogP contribution in [0.15, 0.2) is 71.8 Å². The second-order valence-corrected chi connectivity index (χ2v) is 12.4. The molecule has 0 amide bonds. The zero-order chi connectivity index (χ0) is 24.8. The van der Waals surface area contributed by atoms with Crippen LogP contribution in [0.25, 0.3) is 24.3 Å². The highest BCUT2D eigenvalue weighted by Gasteiger charge is 2.27. The van der Waals surface area contributed by atoms with Crippen molar-refractivity contribution < 1.29 is 0 Å². The quantitative estimate of drug-likeness (QED) is 0.267. The highest BCUT2D eigenvalue weighted by molar-refractivity contribution is 7.31. The highest BCUT2D eigenvalue weighted by atomic mass is 31.0. The lowest BCUT2D eigenvalue weighted by atomic mass is 9.75. The van der Waals surface area contributed by atoms with Gasteiger partial charge in [0.1, 0.15) is 0 Å². The van der Waals surface area contributed by atoms with Crippen molar-refractivity contribution in [3.05, 3.63) is 137 Å². The van der Waals surface area contributed by atoms with Crippen LogP contribution in [-0.4, -0.2) is 0 Å². The average molecular weight is 503 g/mol. The van der Waals surface area contributed by atoms with Crippen molar-refractivity contribution in [3.8, 4) is 0 Å². The van der Waals surface area contributed by atoms with Crippen molar-refractivity contribution in [2.45, 2.75) is 40.0 Å². The summed E-state index contributed by atoms with van der Waals surface area (Å²) in [4.78, 5) is 0. The fourth-order valence-electron chi connectivity index (χ4n) is 5.60. The molecule has 2 heterocycles. The monoisotopic (exact) mass is 502 g/mol. The second kappa shape index (κ2) is 9.44. The second-order valence-electron chi connectivity index (χ2n) is 10.1. The van der Waals surface area contributed by atoms with Crippen LogP contribution in [0.4, 0.5) is 0 Å². The molecule has 0 saturated carbocycles. The van der Waals surface area contributed by atoms with Gasteiger partial charge in [0.2, 0.25) is 0 Å². The largest absolute Gasteiger partial charge is 0.132 e. The molecule has 0 saturated heterocycles. The zero-order valence-electron chi connectivity index (χ0n) is 21.4. The van der Waals surface area contributed by atoms with E-state index in [0.717, 1.165) is 22.8 Å². The number of rotatable bonds is 3. The van der Waals surface area contributed by atoms with Gasteiger partial charge in [0.05, 0.1) is 0 Å². The van der Waals surface area contributed by atoms with E-state index in [2.05, 4.69) is 118 Å². The molecule has 2 heteroatoms.